The van der Waals surface area contributed by atoms with E-state index < -0.39 is 0 Å². The maximum Gasteiger partial charge on any atom is 0.186 e. The highest BCUT2D eigenvalue weighted by Crippen LogP contribution is 2.25. The SMILES string of the molecule is CC(C)c1cnc2sc(Cl)nc2c1. The van der Waals surface area contributed by atoms with Crippen LogP contribution in [0.3, 0.4) is 0 Å². The van der Waals surface area contributed by atoms with E-state index in [9.17, 15) is 0 Å². The molecule has 0 aliphatic heterocycles. The van der Waals surface area contributed by atoms with E-state index in [2.05, 4.69) is 29.9 Å². The summed E-state index contributed by atoms with van der Waals surface area (Å²) in [4.78, 5) is 9.38. The third-order valence-electron chi connectivity index (χ3n) is 1.91. The lowest BCUT2D eigenvalue weighted by atomic mass is 10.1. The largest absolute Gasteiger partial charge is 0.243 e. The van der Waals surface area contributed by atoms with Crippen molar-refractivity contribution in [3.63, 3.8) is 0 Å². The Bertz CT molecular complexity index is 436. The Kier molecular flexibility index (Phi) is 2.22. The second kappa shape index (κ2) is 3.24. The number of rotatable bonds is 1. The van der Waals surface area contributed by atoms with E-state index in [1.165, 1.54) is 16.9 Å². The number of hydrogen-bond acceptors (Lipinski definition) is 3. The van der Waals surface area contributed by atoms with E-state index in [1.54, 1.807) is 0 Å². The van der Waals surface area contributed by atoms with Gasteiger partial charge < -0.3 is 0 Å². The van der Waals surface area contributed by atoms with Crippen LogP contribution in [0.2, 0.25) is 4.47 Å². The van der Waals surface area contributed by atoms with E-state index in [0.717, 1.165) is 10.3 Å². The molecule has 0 fully saturated rings. The smallest absolute Gasteiger partial charge is 0.186 e. The average molecular weight is 213 g/mol. The summed E-state index contributed by atoms with van der Waals surface area (Å²) in [5.74, 6) is 0.484. The van der Waals surface area contributed by atoms with Gasteiger partial charge in [-0.2, -0.15) is 0 Å². The van der Waals surface area contributed by atoms with Crippen LogP contribution in [0.4, 0.5) is 0 Å². The Hall–Kier alpha value is -0.670. The molecule has 0 spiro atoms. The van der Waals surface area contributed by atoms with Crippen molar-refractivity contribution in [2.24, 2.45) is 0 Å². The first kappa shape index (κ1) is 8.91. The summed E-state index contributed by atoms with van der Waals surface area (Å²) < 4.78 is 0.559. The molecule has 2 nitrogen and oxygen atoms in total. The number of nitrogens with zero attached hydrogens (tertiary/aromatic N) is 2. The second-order valence-corrected chi connectivity index (χ2v) is 4.77. The summed E-state index contributed by atoms with van der Waals surface area (Å²) in [6.45, 7) is 4.27. The van der Waals surface area contributed by atoms with Crippen LogP contribution in [0, 0.1) is 0 Å². The second-order valence-electron chi connectivity index (χ2n) is 3.21. The van der Waals surface area contributed by atoms with E-state index in [-0.39, 0.29) is 0 Å². The maximum atomic E-state index is 5.78. The van der Waals surface area contributed by atoms with Crippen LogP contribution in [0.1, 0.15) is 25.3 Å². The Labute approximate surface area is 85.6 Å². The summed E-state index contributed by atoms with van der Waals surface area (Å²) >= 11 is 7.20. The van der Waals surface area contributed by atoms with Crippen molar-refractivity contribution in [3.05, 3.63) is 22.3 Å². The van der Waals surface area contributed by atoms with Gasteiger partial charge in [0.25, 0.3) is 0 Å². The highest BCUT2D eigenvalue weighted by Gasteiger charge is 2.05. The summed E-state index contributed by atoms with van der Waals surface area (Å²) in [7, 11) is 0. The van der Waals surface area contributed by atoms with Crippen LogP contribution in [0.5, 0.6) is 0 Å². The lowest BCUT2D eigenvalue weighted by Gasteiger charge is -2.02. The first-order valence-electron chi connectivity index (χ1n) is 4.09. The van der Waals surface area contributed by atoms with Crippen molar-refractivity contribution >= 4 is 33.3 Å². The molecule has 2 heterocycles. The Morgan fingerprint density at radius 3 is 2.92 bits per heavy atom. The standard InChI is InChI=1S/C9H9ClN2S/c1-5(2)6-3-7-8(11-4-6)13-9(10)12-7/h3-5H,1-2H3. The van der Waals surface area contributed by atoms with Gasteiger partial charge in [-0.05, 0) is 17.5 Å². The zero-order chi connectivity index (χ0) is 9.42. The predicted octanol–water partition coefficient (Wildman–Crippen LogP) is 3.47. The number of halogens is 1. The zero-order valence-electron chi connectivity index (χ0n) is 7.41. The minimum Gasteiger partial charge on any atom is -0.243 e. The minimum absolute atomic E-state index is 0.484. The van der Waals surface area contributed by atoms with Crippen LogP contribution < -0.4 is 0 Å². The lowest BCUT2D eigenvalue weighted by molar-refractivity contribution is 0.862. The van der Waals surface area contributed by atoms with Gasteiger partial charge in [0.1, 0.15) is 10.3 Å². The summed E-state index contributed by atoms with van der Waals surface area (Å²) in [5, 5.41) is 0. The molecule has 0 bridgehead atoms. The Balaban J connectivity index is 2.61. The molecule has 0 aromatic carbocycles. The molecule has 0 saturated carbocycles. The normalized spacial score (nSPS) is 11.4. The molecular weight excluding hydrogens is 204 g/mol. The molecule has 0 unspecified atom stereocenters. The fourth-order valence-corrected chi connectivity index (χ4v) is 2.06. The first-order chi connectivity index (χ1) is 6.16. The van der Waals surface area contributed by atoms with Gasteiger partial charge in [-0.3, -0.25) is 0 Å². The van der Waals surface area contributed by atoms with Crippen molar-refractivity contribution in [2.45, 2.75) is 19.8 Å². The minimum atomic E-state index is 0.484. The molecule has 68 valence electrons. The fourth-order valence-electron chi connectivity index (χ4n) is 1.13. The topological polar surface area (TPSA) is 25.8 Å². The lowest BCUT2D eigenvalue weighted by Crippen LogP contribution is -1.87. The molecule has 0 amide bonds. The number of pyridine rings is 1. The van der Waals surface area contributed by atoms with Crippen LogP contribution in [0.15, 0.2) is 12.3 Å². The van der Waals surface area contributed by atoms with Gasteiger partial charge >= 0.3 is 0 Å². The quantitative estimate of drug-likeness (QED) is 0.724. The number of fused-ring (bicyclic) bond motifs is 1. The van der Waals surface area contributed by atoms with Gasteiger partial charge in [0.2, 0.25) is 0 Å². The fraction of sp³-hybridized carbons (Fsp3) is 0.333. The van der Waals surface area contributed by atoms with Crippen LogP contribution in [0.25, 0.3) is 10.3 Å². The van der Waals surface area contributed by atoms with Gasteiger partial charge in [-0.1, -0.05) is 36.8 Å². The summed E-state index contributed by atoms with van der Waals surface area (Å²) in [6.07, 6.45) is 1.89. The van der Waals surface area contributed by atoms with Crippen LogP contribution >= 0.6 is 22.9 Å². The average Bonchev–Trinajstić information content (AvgIpc) is 2.42. The Morgan fingerprint density at radius 2 is 2.23 bits per heavy atom. The van der Waals surface area contributed by atoms with Crippen LogP contribution in [-0.4, -0.2) is 9.97 Å². The van der Waals surface area contributed by atoms with Crippen LogP contribution in [-0.2, 0) is 0 Å². The molecule has 2 aromatic heterocycles. The number of thiazole rings is 1. The molecule has 0 aliphatic rings. The first-order valence-corrected chi connectivity index (χ1v) is 5.28. The molecule has 0 saturated heterocycles. The molecule has 0 N–H and O–H groups in total. The van der Waals surface area contributed by atoms with E-state index in [0.29, 0.717) is 10.4 Å². The van der Waals surface area contributed by atoms with Crippen molar-refractivity contribution in [1.29, 1.82) is 0 Å². The van der Waals surface area contributed by atoms with E-state index in [1.807, 2.05) is 6.20 Å². The molecule has 0 atom stereocenters. The van der Waals surface area contributed by atoms with Gasteiger partial charge in [-0.25, -0.2) is 9.97 Å². The van der Waals surface area contributed by atoms with Gasteiger partial charge in [0.15, 0.2) is 4.47 Å². The Morgan fingerprint density at radius 1 is 1.46 bits per heavy atom. The molecular formula is C9H9ClN2S. The van der Waals surface area contributed by atoms with Crippen molar-refractivity contribution in [3.8, 4) is 0 Å². The summed E-state index contributed by atoms with van der Waals surface area (Å²) in [6, 6.07) is 2.05. The predicted molar refractivity (Wildman–Crippen MR) is 56.5 cm³/mol. The number of hydrogen-bond donors (Lipinski definition) is 0. The molecule has 13 heavy (non-hydrogen) atoms. The third kappa shape index (κ3) is 1.67. The molecule has 0 aliphatic carbocycles. The molecule has 0 radical (unpaired) electrons. The van der Waals surface area contributed by atoms with Gasteiger partial charge in [0.05, 0.1) is 0 Å². The maximum absolute atomic E-state index is 5.78. The highest BCUT2D eigenvalue weighted by atomic mass is 35.5. The van der Waals surface area contributed by atoms with Crippen molar-refractivity contribution < 1.29 is 0 Å². The highest BCUT2D eigenvalue weighted by molar-refractivity contribution is 7.21. The molecule has 2 rings (SSSR count). The summed E-state index contributed by atoms with van der Waals surface area (Å²) in [5.41, 5.74) is 2.11. The van der Waals surface area contributed by atoms with Gasteiger partial charge in [-0.15, -0.1) is 0 Å². The molecule has 2 aromatic rings. The zero-order valence-corrected chi connectivity index (χ0v) is 8.99. The van der Waals surface area contributed by atoms with E-state index >= 15 is 0 Å². The van der Waals surface area contributed by atoms with E-state index in [4.69, 9.17) is 11.6 Å². The number of aromatic nitrogens is 2. The van der Waals surface area contributed by atoms with Crippen molar-refractivity contribution in [2.75, 3.05) is 0 Å². The van der Waals surface area contributed by atoms with Gasteiger partial charge in [0, 0.05) is 6.20 Å². The third-order valence-corrected chi connectivity index (χ3v) is 2.99. The van der Waals surface area contributed by atoms with Crippen molar-refractivity contribution in [1.82, 2.24) is 9.97 Å². The molecule has 4 heteroatoms. The monoisotopic (exact) mass is 212 g/mol.